The molecule has 0 radical (unpaired) electrons. The van der Waals surface area contributed by atoms with E-state index in [-0.39, 0.29) is 11.8 Å². The molecule has 0 amide bonds. The van der Waals surface area contributed by atoms with Gasteiger partial charge in [-0.25, -0.2) is 9.19 Å². The predicted octanol–water partition coefficient (Wildman–Crippen LogP) is 3.12. The van der Waals surface area contributed by atoms with Crippen LogP contribution in [-0.4, -0.2) is 46.9 Å². The molecule has 9 nitrogen and oxygen atoms in total. The predicted molar refractivity (Wildman–Crippen MR) is 110 cm³/mol. The Morgan fingerprint density at radius 3 is 3.10 bits per heavy atom. The van der Waals surface area contributed by atoms with Crippen molar-refractivity contribution < 1.29 is 13.5 Å². The quantitative estimate of drug-likeness (QED) is 0.431. The molecule has 1 aliphatic heterocycles. The minimum atomic E-state index is -1.89. The van der Waals surface area contributed by atoms with Crippen LogP contribution in [0.2, 0.25) is 0 Å². The van der Waals surface area contributed by atoms with Gasteiger partial charge in [-0.2, -0.15) is 10.2 Å². The number of nitrogens with zero attached hydrogens (tertiary/aromatic N) is 4. The number of H-pyrrole nitrogens is 1. The molecule has 4 heterocycles. The summed E-state index contributed by atoms with van der Waals surface area (Å²) in [5.74, 6) is 0.738. The maximum absolute atomic E-state index is 11.1. The van der Waals surface area contributed by atoms with Gasteiger partial charge in [0.05, 0.1) is 42.0 Å². The average Bonchev–Trinajstić information content (AvgIpc) is 3.39. The number of fused-ring (bicyclic) bond motifs is 3. The van der Waals surface area contributed by atoms with Crippen LogP contribution in [0.25, 0.3) is 21.8 Å². The van der Waals surface area contributed by atoms with E-state index in [9.17, 15) is 4.21 Å². The van der Waals surface area contributed by atoms with Crippen molar-refractivity contribution in [1.29, 1.82) is 0 Å². The summed E-state index contributed by atoms with van der Waals surface area (Å²) in [5.41, 5.74) is 3.17. The molecule has 0 bridgehead atoms. The molecule has 29 heavy (non-hydrogen) atoms. The summed E-state index contributed by atoms with van der Waals surface area (Å²) >= 11 is -1.89. The van der Waals surface area contributed by atoms with Crippen molar-refractivity contribution in [2.45, 2.75) is 24.6 Å². The van der Waals surface area contributed by atoms with E-state index in [0.717, 1.165) is 52.5 Å². The Hall–Kier alpha value is -2.82. The molecule has 4 aromatic rings. The molecule has 0 spiro atoms. The van der Waals surface area contributed by atoms with Gasteiger partial charge in [-0.1, -0.05) is 6.07 Å². The van der Waals surface area contributed by atoms with Crippen molar-refractivity contribution in [3.63, 3.8) is 0 Å². The third-order valence-corrected chi connectivity index (χ3v) is 5.70. The fourth-order valence-electron chi connectivity index (χ4n) is 3.74. The Labute approximate surface area is 168 Å². The van der Waals surface area contributed by atoms with Gasteiger partial charge in [-0.05, 0) is 30.5 Å². The highest BCUT2D eigenvalue weighted by Gasteiger charge is 2.17. The largest absolute Gasteiger partial charge is 0.379 e. The summed E-state index contributed by atoms with van der Waals surface area (Å²) < 4.78 is 27.8. The lowest BCUT2D eigenvalue weighted by atomic mass is 10.1. The van der Waals surface area contributed by atoms with Crippen LogP contribution in [0.15, 0.2) is 36.8 Å². The van der Waals surface area contributed by atoms with Crippen LogP contribution < -0.4 is 5.32 Å². The number of aromatic amines is 1. The average molecular weight is 412 g/mol. The number of benzene rings is 1. The Bertz CT molecular complexity index is 1200. The van der Waals surface area contributed by atoms with E-state index < -0.39 is 11.1 Å². The number of pyridine rings is 1. The zero-order chi connectivity index (χ0) is 19.8. The highest BCUT2D eigenvalue weighted by Crippen LogP contribution is 2.30. The summed E-state index contributed by atoms with van der Waals surface area (Å²) in [6.07, 6.45) is 7.59. The smallest absolute Gasteiger partial charge is 0.157 e. The monoisotopic (exact) mass is 412 g/mol. The Balaban J connectivity index is 1.49. The summed E-state index contributed by atoms with van der Waals surface area (Å²) in [6, 6.07) is 5.82. The van der Waals surface area contributed by atoms with Gasteiger partial charge < -0.3 is 14.6 Å². The third-order valence-electron chi connectivity index (χ3n) is 5.12. The number of hydrogen-bond donors (Lipinski definition) is 3. The Morgan fingerprint density at radius 1 is 1.34 bits per heavy atom. The van der Waals surface area contributed by atoms with Crippen molar-refractivity contribution >= 4 is 44.4 Å². The van der Waals surface area contributed by atoms with Crippen LogP contribution in [0.5, 0.6) is 0 Å². The minimum absolute atomic E-state index is 0.0827. The number of aromatic nitrogens is 5. The van der Waals surface area contributed by atoms with Gasteiger partial charge in [0.1, 0.15) is 5.52 Å². The van der Waals surface area contributed by atoms with E-state index in [1.165, 1.54) is 0 Å². The van der Waals surface area contributed by atoms with Crippen molar-refractivity contribution in [1.82, 2.24) is 25.0 Å². The molecule has 0 saturated carbocycles. The zero-order valence-corrected chi connectivity index (χ0v) is 16.4. The summed E-state index contributed by atoms with van der Waals surface area (Å²) in [4.78, 5) is 4.73. The standard InChI is InChI=1S/C19H20N6O3S/c26-29(27)11-12-3-4-17-15(6-12)16-8-20-24-18(16)19(23-17)22-13-7-21-25(9-13)14-2-1-5-28-10-14/h3-4,6-9,14H,1-2,5,10-11H2,(H,20,24)(H,22,23)(H,26,27). The summed E-state index contributed by atoms with van der Waals surface area (Å²) in [5, 5.41) is 16.8. The first-order valence-electron chi connectivity index (χ1n) is 9.39. The molecule has 2 unspecified atom stereocenters. The molecule has 3 N–H and O–H groups in total. The maximum Gasteiger partial charge on any atom is 0.157 e. The number of rotatable bonds is 5. The number of anilines is 2. The fourth-order valence-corrected chi connectivity index (χ4v) is 4.20. The molecule has 1 saturated heterocycles. The first-order chi connectivity index (χ1) is 14.2. The third kappa shape index (κ3) is 3.61. The van der Waals surface area contributed by atoms with Gasteiger partial charge in [0.2, 0.25) is 0 Å². The summed E-state index contributed by atoms with van der Waals surface area (Å²) in [6.45, 7) is 1.50. The van der Waals surface area contributed by atoms with Crippen LogP contribution in [0.3, 0.4) is 0 Å². The molecule has 150 valence electrons. The lowest BCUT2D eigenvalue weighted by Crippen LogP contribution is -2.21. The Morgan fingerprint density at radius 2 is 2.28 bits per heavy atom. The van der Waals surface area contributed by atoms with Gasteiger partial charge in [-0.15, -0.1) is 0 Å². The van der Waals surface area contributed by atoms with Crippen molar-refractivity contribution in [2.75, 3.05) is 18.5 Å². The van der Waals surface area contributed by atoms with E-state index in [1.807, 2.05) is 29.1 Å². The second kappa shape index (κ2) is 7.54. The van der Waals surface area contributed by atoms with Crippen LogP contribution in [0, 0.1) is 0 Å². The molecule has 1 fully saturated rings. The van der Waals surface area contributed by atoms with Crippen LogP contribution >= 0.6 is 0 Å². The molecular weight excluding hydrogens is 392 g/mol. The van der Waals surface area contributed by atoms with Crippen LogP contribution in [0.1, 0.15) is 24.4 Å². The van der Waals surface area contributed by atoms with Gasteiger partial charge >= 0.3 is 0 Å². The van der Waals surface area contributed by atoms with Gasteiger partial charge in [-0.3, -0.25) is 9.78 Å². The Kier molecular flexibility index (Phi) is 4.74. The molecule has 10 heteroatoms. The first-order valence-corrected chi connectivity index (χ1v) is 10.7. The lowest BCUT2D eigenvalue weighted by Gasteiger charge is -2.22. The highest BCUT2D eigenvalue weighted by molar-refractivity contribution is 7.78. The maximum atomic E-state index is 11.1. The fraction of sp³-hybridized carbons (Fsp3) is 0.316. The van der Waals surface area contributed by atoms with Crippen molar-refractivity contribution in [2.24, 2.45) is 0 Å². The highest BCUT2D eigenvalue weighted by atomic mass is 32.2. The molecular formula is C19H20N6O3S. The van der Waals surface area contributed by atoms with E-state index in [0.29, 0.717) is 12.4 Å². The van der Waals surface area contributed by atoms with Crippen LogP contribution in [0.4, 0.5) is 11.5 Å². The molecule has 0 aliphatic carbocycles. The minimum Gasteiger partial charge on any atom is -0.379 e. The SMILES string of the molecule is O=S(O)Cc1ccc2nc(Nc3cnn(C4CCCOC4)c3)c3[nH]ncc3c2c1. The second-order valence-electron chi connectivity index (χ2n) is 7.14. The molecule has 2 atom stereocenters. The number of ether oxygens (including phenoxy) is 1. The van der Waals surface area contributed by atoms with E-state index in [4.69, 9.17) is 14.3 Å². The zero-order valence-electron chi connectivity index (χ0n) is 15.5. The van der Waals surface area contributed by atoms with Gasteiger partial charge in [0.15, 0.2) is 16.9 Å². The number of nitrogens with one attached hydrogen (secondary N) is 2. The lowest BCUT2D eigenvalue weighted by molar-refractivity contribution is 0.0549. The van der Waals surface area contributed by atoms with Gasteiger partial charge in [0, 0.05) is 23.6 Å². The second-order valence-corrected chi connectivity index (χ2v) is 8.07. The topological polar surface area (TPSA) is 118 Å². The number of hydrogen-bond acceptors (Lipinski definition) is 6. The van der Waals surface area contributed by atoms with Crippen molar-refractivity contribution in [3.8, 4) is 0 Å². The summed E-state index contributed by atoms with van der Waals surface area (Å²) in [7, 11) is 0. The molecule has 1 aromatic carbocycles. The van der Waals surface area contributed by atoms with Gasteiger partial charge in [0.25, 0.3) is 0 Å². The molecule has 3 aromatic heterocycles. The molecule has 1 aliphatic rings. The normalized spacial score (nSPS) is 18.3. The van der Waals surface area contributed by atoms with E-state index in [2.05, 4.69) is 20.6 Å². The van der Waals surface area contributed by atoms with E-state index in [1.54, 1.807) is 12.4 Å². The molecule has 5 rings (SSSR count). The van der Waals surface area contributed by atoms with Crippen molar-refractivity contribution in [3.05, 3.63) is 42.4 Å². The first kappa shape index (κ1) is 18.2. The van der Waals surface area contributed by atoms with Crippen LogP contribution in [-0.2, 0) is 21.6 Å². The van der Waals surface area contributed by atoms with E-state index >= 15 is 0 Å².